The molecular formula is C25H42N2O. The minimum atomic E-state index is 0.393. The number of hydrogen-bond acceptors (Lipinski definition) is 3. The molecule has 0 aromatic heterocycles. The van der Waals surface area contributed by atoms with Crippen molar-refractivity contribution in [3.63, 3.8) is 0 Å². The quantitative estimate of drug-likeness (QED) is 0.384. The first-order chi connectivity index (χ1) is 13.3. The molecule has 0 radical (unpaired) electrons. The van der Waals surface area contributed by atoms with Crippen molar-refractivity contribution in [1.82, 2.24) is 10.2 Å². The second-order valence-electron chi connectivity index (χ2n) is 9.47. The van der Waals surface area contributed by atoms with Gasteiger partial charge in [-0.3, -0.25) is 0 Å². The van der Waals surface area contributed by atoms with Crippen molar-refractivity contribution in [3.8, 4) is 5.75 Å². The lowest BCUT2D eigenvalue weighted by Gasteiger charge is -2.35. The Bertz CT molecular complexity index is 616. The summed E-state index contributed by atoms with van der Waals surface area (Å²) in [6, 6.07) is 9.07. The fourth-order valence-corrected chi connectivity index (χ4v) is 4.26. The molecule has 1 N–H and O–H groups in total. The SMILES string of the molecule is CC1=C(CC[C@@H](C)NCc2ccc(OCCCN(C)C)cc2)C(C)(C)CCC1. The number of ether oxygens (including phenoxy) is 1. The van der Waals surface area contributed by atoms with E-state index in [4.69, 9.17) is 4.74 Å². The number of nitrogens with zero attached hydrogens (tertiary/aromatic N) is 1. The van der Waals surface area contributed by atoms with Gasteiger partial charge in [0.15, 0.2) is 0 Å². The maximum atomic E-state index is 5.82. The van der Waals surface area contributed by atoms with Gasteiger partial charge in [0.2, 0.25) is 0 Å². The van der Waals surface area contributed by atoms with Gasteiger partial charge in [-0.05, 0) is 89.6 Å². The van der Waals surface area contributed by atoms with Gasteiger partial charge in [0, 0.05) is 19.1 Å². The van der Waals surface area contributed by atoms with E-state index in [9.17, 15) is 0 Å². The van der Waals surface area contributed by atoms with Crippen molar-refractivity contribution in [2.45, 2.75) is 78.8 Å². The summed E-state index contributed by atoms with van der Waals surface area (Å²) in [5, 5.41) is 3.70. The average Bonchev–Trinajstić information content (AvgIpc) is 2.63. The number of allylic oxidation sites excluding steroid dienone is 2. The van der Waals surface area contributed by atoms with Crippen LogP contribution < -0.4 is 10.1 Å². The first-order valence-electron chi connectivity index (χ1n) is 11.1. The molecule has 0 unspecified atom stereocenters. The molecule has 3 nitrogen and oxygen atoms in total. The fourth-order valence-electron chi connectivity index (χ4n) is 4.26. The van der Waals surface area contributed by atoms with Gasteiger partial charge in [0.25, 0.3) is 0 Å². The van der Waals surface area contributed by atoms with Crippen LogP contribution in [0.5, 0.6) is 5.75 Å². The van der Waals surface area contributed by atoms with Crippen LogP contribution in [0.1, 0.15) is 71.8 Å². The molecule has 0 bridgehead atoms. The Kier molecular flexibility index (Phi) is 9.04. The normalized spacial score (nSPS) is 17.8. The highest BCUT2D eigenvalue weighted by atomic mass is 16.5. The zero-order valence-electron chi connectivity index (χ0n) is 19.1. The third-order valence-corrected chi connectivity index (χ3v) is 6.11. The Morgan fingerprint density at radius 2 is 1.89 bits per heavy atom. The van der Waals surface area contributed by atoms with Crippen LogP contribution in [-0.2, 0) is 6.54 Å². The van der Waals surface area contributed by atoms with Crippen molar-refractivity contribution in [2.75, 3.05) is 27.2 Å². The lowest BCUT2D eigenvalue weighted by Crippen LogP contribution is -2.27. The molecule has 0 saturated heterocycles. The summed E-state index contributed by atoms with van der Waals surface area (Å²) < 4.78 is 5.82. The van der Waals surface area contributed by atoms with Crippen LogP contribution in [0.4, 0.5) is 0 Å². The monoisotopic (exact) mass is 386 g/mol. The molecule has 1 aliphatic carbocycles. The average molecular weight is 387 g/mol. The number of nitrogens with one attached hydrogen (secondary N) is 1. The third kappa shape index (κ3) is 7.60. The lowest BCUT2D eigenvalue weighted by molar-refractivity contribution is 0.281. The van der Waals surface area contributed by atoms with Crippen LogP contribution in [0.3, 0.4) is 0 Å². The van der Waals surface area contributed by atoms with E-state index in [0.29, 0.717) is 11.5 Å². The summed E-state index contributed by atoms with van der Waals surface area (Å²) in [7, 11) is 4.19. The summed E-state index contributed by atoms with van der Waals surface area (Å²) in [4.78, 5) is 2.19. The summed E-state index contributed by atoms with van der Waals surface area (Å²) in [5.41, 5.74) is 5.07. The highest BCUT2D eigenvalue weighted by Crippen LogP contribution is 2.42. The van der Waals surface area contributed by atoms with Crippen molar-refractivity contribution in [3.05, 3.63) is 41.0 Å². The van der Waals surface area contributed by atoms with E-state index < -0.39 is 0 Å². The van der Waals surface area contributed by atoms with Gasteiger partial charge in [-0.2, -0.15) is 0 Å². The molecule has 1 aromatic rings. The van der Waals surface area contributed by atoms with Crippen LogP contribution >= 0.6 is 0 Å². The molecule has 158 valence electrons. The van der Waals surface area contributed by atoms with Crippen LogP contribution in [0.25, 0.3) is 0 Å². The van der Waals surface area contributed by atoms with Gasteiger partial charge >= 0.3 is 0 Å². The third-order valence-electron chi connectivity index (χ3n) is 6.11. The lowest BCUT2D eigenvalue weighted by atomic mass is 9.71. The van der Waals surface area contributed by atoms with Crippen molar-refractivity contribution in [2.24, 2.45) is 5.41 Å². The first-order valence-corrected chi connectivity index (χ1v) is 11.1. The predicted molar refractivity (Wildman–Crippen MR) is 121 cm³/mol. The molecule has 0 aliphatic heterocycles. The second kappa shape index (κ2) is 11.0. The first kappa shape index (κ1) is 23.0. The van der Waals surface area contributed by atoms with Gasteiger partial charge in [-0.1, -0.05) is 37.1 Å². The molecule has 1 atom stereocenters. The molecule has 0 amide bonds. The Hall–Kier alpha value is -1.32. The summed E-state index contributed by atoms with van der Waals surface area (Å²) >= 11 is 0. The van der Waals surface area contributed by atoms with Crippen LogP contribution in [-0.4, -0.2) is 38.2 Å². The molecule has 0 spiro atoms. The molecular weight excluding hydrogens is 344 g/mol. The summed E-state index contributed by atoms with van der Waals surface area (Å²) in [6.07, 6.45) is 7.48. The van der Waals surface area contributed by atoms with Gasteiger partial charge in [-0.25, -0.2) is 0 Å². The largest absolute Gasteiger partial charge is 0.494 e. The fraction of sp³-hybridized carbons (Fsp3) is 0.680. The van der Waals surface area contributed by atoms with Crippen molar-refractivity contribution in [1.29, 1.82) is 0 Å². The van der Waals surface area contributed by atoms with Gasteiger partial charge < -0.3 is 15.0 Å². The second-order valence-corrected chi connectivity index (χ2v) is 9.47. The molecule has 2 rings (SSSR count). The van der Waals surface area contributed by atoms with Crippen molar-refractivity contribution >= 4 is 0 Å². The molecule has 3 heteroatoms. The van der Waals surface area contributed by atoms with Crippen LogP contribution in [0, 0.1) is 5.41 Å². The molecule has 1 aromatic carbocycles. The minimum Gasteiger partial charge on any atom is -0.494 e. The van der Waals surface area contributed by atoms with E-state index in [1.54, 1.807) is 11.1 Å². The zero-order valence-corrected chi connectivity index (χ0v) is 19.1. The van der Waals surface area contributed by atoms with Gasteiger partial charge in [-0.15, -0.1) is 0 Å². The number of benzene rings is 1. The Morgan fingerprint density at radius 1 is 1.18 bits per heavy atom. The summed E-state index contributed by atoms with van der Waals surface area (Å²) in [6.45, 7) is 12.3. The molecule has 0 fully saturated rings. The van der Waals surface area contributed by atoms with E-state index in [0.717, 1.165) is 31.9 Å². The van der Waals surface area contributed by atoms with E-state index in [-0.39, 0.29) is 0 Å². The van der Waals surface area contributed by atoms with Gasteiger partial charge in [0.1, 0.15) is 5.75 Å². The Morgan fingerprint density at radius 3 is 2.54 bits per heavy atom. The molecule has 28 heavy (non-hydrogen) atoms. The van der Waals surface area contributed by atoms with Crippen molar-refractivity contribution < 1.29 is 4.74 Å². The van der Waals surface area contributed by atoms with Gasteiger partial charge in [0.05, 0.1) is 6.61 Å². The van der Waals surface area contributed by atoms with E-state index in [1.807, 2.05) is 0 Å². The van der Waals surface area contributed by atoms with Crippen LogP contribution in [0.2, 0.25) is 0 Å². The highest BCUT2D eigenvalue weighted by Gasteiger charge is 2.28. The minimum absolute atomic E-state index is 0.393. The standard InChI is InChI=1S/C25H42N2O/c1-20-9-7-16-25(3,4)24(20)15-10-21(2)26-19-22-11-13-23(14-12-22)28-18-8-17-27(5)6/h11-14,21,26H,7-10,15-19H2,1-6H3/t21-/m1/s1. The topological polar surface area (TPSA) is 24.5 Å². The van der Waals surface area contributed by atoms with E-state index in [2.05, 4.69) is 76.3 Å². The maximum Gasteiger partial charge on any atom is 0.119 e. The van der Waals surface area contributed by atoms with Crippen LogP contribution in [0.15, 0.2) is 35.4 Å². The molecule has 0 heterocycles. The van der Waals surface area contributed by atoms with E-state index >= 15 is 0 Å². The molecule has 0 saturated carbocycles. The Labute approximate surface area is 173 Å². The number of rotatable bonds is 11. The zero-order chi connectivity index (χ0) is 20.6. The highest BCUT2D eigenvalue weighted by molar-refractivity contribution is 5.27. The number of hydrogen-bond donors (Lipinski definition) is 1. The van der Waals surface area contributed by atoms with E-state index in [1.165, 1.54) is 37.7 Å². The Balaban J connectivity index is 1.71. The predicted octanol–water partition coefficient (Wildman–Crippen LogP) is 5.80. The smallest absolute Gasteiger partial charge is 0.119 e. The summed E-state index contributed by atoms with van der Waals surface area (Å²) in [5.74, 6) is 0.970. The molecule has 1 aliphatic rings. The maximum absolute atomic E-state index is 5.82.